The number of halogens is 4. The summed E-state index contributed by atoms with van der Waals surface area (Å²) < 4.78 is 54.2. The first-order valence-electron chi connectivity index (χ1n) is 11.6. The Morgan fingerprint density at radius 1 is 0.971 bits per heavy atom. The second-order valence-corrected chi connectivity index (χ2v) is 9.25. The average Bonchev–Trinajstić information content (AvgIpc) is 3.60. The predicted molar refractivity (Wildman–Crippen MR) is 122 cm³/mol. The first-order chi connectivity index (χ1) is 16.3. The fourth-order valence-electron chi connectivity index (χ4n) is 5.02. The third kappa shape index (κ3) is 4.72. The first-order valence-corrected chi connectivity index (χ1v) is 11.6. The van der Waals surface area contributed by atoms with Crippen molar-refractivity contribution in [1.29, 1.82) is 0 Å². The number of benzene rings is 2. The van der Waals surface area contributed by atoms with E-state index in [-0.39, 0.29) is 41.2 Å². The van der Waals surface area contributed by atoms with Crippen LogP contribution in [0.1, 0.15) is 49.3 Å². The number of rotatable bonds is 5. The van der Waals surface area contributed by atoms with Gasteiger partial charge in [-0.2, -0.15) is 13.2 Å². The third-order valence-corrected chi connectivity index (χ3v) is 6.82. The van der Waals surface area contributed by atoms with Gasteiger partial charge in [-0.3, -0.25) is 4.79 Å². The number of hydrogen-bond donors (Lipinski definition) is 2. The normalized spacial score (nSPS) is 24.6. The summed E-state index contributed by atoms with van der Waals surface area (Å²) >= 11 is 0. The molecule has 4 atom stereocenters. The van der Waals surface area contributed by atoms with Crippen molar-refractivity contribution in [2.24, 2.45) is 5.92 Å². The van der Waals surface area contributed by atoms with Crippen molar-refractivity contribution >= 4 is 22.5 Å². The lowest BCUT2D eigenvalue weighted by atomic mass is 9.90. The fourth-order valence-corrected chi connectivity index (χ4v) is 5.02. The van der Waals surface area contributed by atoms with Gasteiger partial charge < -0.3 is 10.6 Å². The van der Waals surface area contributed by atoms with Crippen molar-refractivity contribution in [3.8, 4) is 0 Å². The Balaban J connectivity index is 1.25. The highest BCUT2D eigenvalue weighted by Crippen LogP contribution is 2.48. The van der Waals surface area contributed by atoms with Gasteiger partial charge >= 0.3 is 6.18 Å². The number of alkyl halides is 3. The van der Waals surface area contributed by atoms with E-state index in [0.29, 0.717) is 29.5 Å². The van der Waals surface area contributed by atoms with Crippen LogP contribution in [0, 0.1) is 11.7 Å². The molecule has 0 bridgehead atoms. The Morgan fingerprint density at radius 2 is 1.71 bits per heavy atom. The van der Waals surface area contributed by atoms with E-state index in [9.17, 15) is 22.4 Å². The van der Waals surface area contributed by atoms with Gasteiger partial charge in [0.15, 0.2) is 0 Å². The van der Waals surface area contributed by atoms with Crippen molar-refractivity contribution < 1.29 is 22.4 Å². The van der Waals surface area contributed by atoms with Crippen LogP contribution in [0.25, 0.3) is 10.9 Å². The molecule has 0 unspecified atom stereocenters. The molecule has 0 spiro atoms. The molecule has 2 fully saturated rings. The van der Waals surface area contributed by atoms with Crippen LogP contribution in [0.4, 0.5) is 23.2 Å². The van der Waals surface area contributed by atoms with Crippen LogP contribution in [0.3, 0.4) is 0 Å². The van der Waals surface area contributed by atoms with Gasteiger partial charge in [0, 0.05) is 29.1 Å². The second kappa shape index (κ2) is 8.89. The Morgan fingerprint density at radius 3 is 2.50 bits per heavy atom. The van der Waals surface area contributed by atoms with Crippen molar-refractivity contribution in [2.45, 2.75) is 56.3 Å². The van der Waals surface area contributed by atoms with Crippen LogP contribution in [-0.4, -0.2) is 23.0 Å². The second-order valence-electron chi connectivity index (χ2n) is 9.25. The lowest BCUT2D eigenvalue weighted by Gasteiger charge is -2.31. The maximum Gasteiger partial charge on any atom is 0.433 e. The molecule has 1 amide bonds. The molecule has 8 heteroatoms. The molecule has 0 aliphatic heterocycles. The monoisotopic (exact) mass is 471 g/mol. The number of aromatic nitrogens is 1. The third-order valence-electron chi connectivity index (χ3n) is 6.82. The standard InChI is InChI=1S/C26H25F4N3O/c27-21-10-3-1-8-17(21)19-13-20(19)25(34)32-16-7-5-6-15(12-16)31-23-14-24(26(28,29)30)33-22-11-4-2-9-18(22)23/h1-4,8-11,14-16,19-20H,5-7,12-13H2,(H,31,33)(H,32,34)/t15-,16+,19-,20+/m0/s1. The van der Waals surface area contributed by atoms with Gasteiger partial charge in [-0.25, -0.2) is 9.37 Å². The molecule has 2 saturated carbocycles. The zero-order valence-corrected chi connectivity index (χ0v) is 18.4. The lowest BCUT2D eigenvalue weighted by Crippen LogP contribution is -2.42. The maximum absolute atomic E-state index is 14.0. The molecular weight excluding hydrogens is 446 g/mol. The molecule has 2 N–H and O–H groups in total. The van der Waals surface area contributed by atoms with E-state index in [1.807, 2.05) is 0 Å². The van der Waals surface area contributed by atoms with Crippen LogP contribution >= 0.6 is 0 Å². The van der Waals surface area contributed by atoms with Crippen LogP contribution in [0.15, 0.2) is 54.6 Å². The quantitative estimate of drug-likeness (QED) is 0.447. The van der Waals surface area contributed by atoms with E-state index in [4.69, 9.17) is 0 Å². The minimum Gasteiger partial charge on any atom is -0.382 e. The van der Waals surface area contributed by atoms with Gasteiger partial charge in [0.25, 0.3) is 0 Å². The minimum atomic E-state index is -4.54. The number of para-hydroxylation sites is 1. The highest BCUT2D eigenvalue weighted by molar-refractivity contribution is 5.91. The highest BCUT2D eigenvalue weighted by atomic mass is 19.4. The summed E-state index contributed by atoms with van der Waals surface area (Å²) in [5, 5.41) is 7.01. The maximum atomic E-state index is 14.0. The number of carbonyl (C=O) groups is 1. The molecule has 34 heavy (non-hydrogen) atoms. The van der Waals surface area contributed by atoms with Crippen molar-refractivity contribution in [2.75, 3.05) is 5.32 Å². The molecule has 5 rings (SSSR count). The first kappa shape index (κ1) is 22.6. The van der Waals surface area contributed by atoms with Gasteiger partial charge in [0.05, 0.1) is 5.52 Å². The number of nitrogens with one attached hydrogen (secondary N) is 2. The van der Waals surface area contributed by atoms with Gasteiger partial charge in [-0.15, -0.1) is 0 Å². The summed E-state index contributed by atoms with van der Waals surface area (Å²) in [5.74, 6) is -0.688. The molecule has 2 aromatic carbocycles. The van der Waals surface area contributed by atoms with E-state index in [0.717, 1.165) is 25.3 Å². The Hall–Kier alpha value is -3.16. The number of hydrogen-bond acceptors (Lipinski definition) is 3. The van der Waals surface area contributed by atoms with Gasteiger partial charge in [-0.1, -0.05) is 36.4 Å². The molecule has 1 aromatic heterocycles. The Labute approximate surface area is 194 Å². The number of amides is 1. The summed E-state index contributed by atoms with van der Waals surface area (Å²) in [6.45, 7) is 0. The fraction of sp³-hybridized carbons (Fsp3) is 0.385. The van der Waals surface area contributed by atoms with Crippen molar-refractivity contribution in [3.05, 3.63) is 71.7 Å². The molecular formula is C26H25F4N3O. The number of anilines is 1. The SMILES string of the molecule is O=C(N[C@@H]1CCC[C@H](Nc2cc(C(F)(F)F)nc3ccccc23)C1)[C@@H]1C[C@H]1c1ccccc1F. The number of fused-ring (bicyclic) bond motifs is 1. The van der Waals surface area contributed by atoms with Crippen LogP contribution < -0.4 is 10.6 Å². The smallest absolute Gasteiger partial charge is 0.382 e. The summed E-state index contributed by atoms with van der Waals surface area (Å²) in [6, 6.07) is 14.2. The average molecular weight is 471 g/mol. The summed E-state index contributed by atoms with van der Waals surface area (Å²) in [5.41, 5.74) is 0.336. The topological polar surface area (TPSA) is 54.0 Å². The molecule has 2 aliphatic rings. The van der Waals surface area contributed by atoms with E-state index < -0.39 is 11.9 Å². The highest BCUT2D eigenvalue weighted by Gasteiger charge is 2.45. The molecule has 178 valence electrons. The lowest BCUT2D eigenvalue weighted by molar-refractivity contribution is -0.140. The number of carbonyl (C=O) groups excluding carboxylic acids is 1. The van der Waals surface area contributed by atoms with Crippen molar-refractivity contribution in [3.63, 3.8) is 0 Å². The Bertz CT molecular complexity index is 1210. The van der Waals surface area contributed by atoms with Gasteiger partial charge in [0.1, 0.15) is 11.5 Å². The van der Waals surface area contributed by atoms with Gasteiger partial charge in [0.2, 0.25) is 5.91 Å². The summed E-state index contributed by atoms with van der Waals surface area (Å²) in [7, 11) is 0. The summed E-state index contributed by atoms with van der Waals surface area (Å²) in [6.07, 6.45) is -0.843. The predicted octanol–water partition coefficient (Wildman–Crippen LogP) is 6.04. The largest absolute Gasteiger partial charge is 0.433 e. The van der Waals surface area contributed by atoms with Crippen molar-refractivity contribution in [1.82, 2.24) is 10.3 Å². The molecule has 4 nitrogen and oxygen atoms in total. The van der Waals surface area contributed by atoms with Crippen LogP contribution in [0.5, 0.6) is 0 Å². The van der Waals surface area contributed by atoms with E-state index in [2.05, 4.69) is 15.6 Å². The summed E-state index contributed by atoms with van der Waals surface area (Å²) in [4.78, 5) is 16.5. The zero-order chi connectivity index (χ0) is 23.9. The Kier molecular flexibility index (Phi) is 5.91. The number of pyridine rings is 1. The zero-order valence-electron chi connectivity index (χ0n) is 18.4. The molecule has 0 radical (unpaired) electrons. The molecule has 1 heterocycles. The van der Waals surface area contributed by atoms with Crippen LogP contribution in [-0.2, 0) is 11.0 Å². The van der Waals surface area contributed by atoms with E-state index in [1.165, 1.54) is 6.07 Å². The minimum absolute atomic E-state index is 0.0733. The van der Waals surface area contributed by atoms with E-state index >= 15 is 0 Å². The number of nitrogens with zero attached hydrogens (tertiary/aromatic N) is 1. The molecule has 3 aromatic rings. The molecule has 0 saturated heterocycles. The molecule has 2 aliphatic carbocycles. The van der Waals surface area contributed by atoms with Gasteiger partial charge in [-0.05, 0) is 61.8 Å². The van der Waals surface area contributed by atoms with Crippen LogP contribution in [0.2, 0.25) is 0 Å². The van der Waals surface area contributed by atoms with E-state index in [1.54, 1.807) is 42.5 Å².